The van der Waals surface area contributed by atoms with Crippen LogP contribution in [0.1, 0.15) is 40.3 Å². The number of fused-ring (bicyclic) bond motifs is 4. The summed E-state index contributed by atoms with van der Waals surface area (Å²) in [7, 11) is 3.71. The minimum absolute atomic E-state index is 0.115. The zero-order valence-electron chi connectivity index (χ0n) is 18.1. The molecule has 160 valence electrons. The number of nitrogens with zero attached hydrogens (tertiary/aromatic N) is 5. The first-order valence-corrected chi connectivity index (χ1v) is 10.4. The summed E-state index contributed by atoms with van der Waals surface area (Å²) in [5, 5.41) is 20.6. The summed E-state index contributed by atoms with van der Waals surface area (Å²) in [6.45, 7) is 4.84. The molecule has 9 nitrogen and oxygen atoms in total. The number of rotatable bonds is 0. The third-order valence-corrected chi connectivity index (χ3v) is 6.08. The zero-order valence-corrected chi connectivity index (χ0v) is 18.1. The van der Waals surface area contributed by atoms with E-state index in [0.717, 1.165) is 39.0 Å². The fourth-order valence-corrected chi connectivity index (χ4v) is 4.25. The number of amides is 1. The van der Waals surface area contributed by atoms with Gasteiger partial charge in [0.05, 0.1) is 23.8 Å². The van der Waals surface area contributed by atoms with Crippen molar-refractivity contribution in [2.75, 3.05) is 13.2 Å². The van der Waals surface area contributed by atoms with Gasteiger partial charge in [0.25, 0.3) is 5.91 Å². The topological polar surface area (TPSA) is 103 Å². The van der Waals surface area contributed by atoms with Gasteiger partial charge in [0, 0.05) is 42.4 Å². The van der Waals surface area contributed by atoms with Crippen LogP contribution < -0.4 is 10.1 Å². The van der Waals surface area contributed by atoms with E-state index in [9.17, 15) is 4.79 Å². The Hall–Kier alpha value is -3.62. The smallest absolute Gasteiger partial charge is 0.272 e. The van der Waals surface area contributed by atoms with E-state index in [0.29, 0.717) is 31.1 Å². The van der Waals surface area contributed by atoms with Crippen molar-refractivity contribution in [3.63, 3.8) is 0 Å². The molecule has 31 heavy (non-hydrogen) atoms. The Labute approximate surface area is 179 Å². The van der Waals surface area contributed by atoms with Crippen LogP contribution in [0.15, 0.2) is 24.4 Å². The Kier molecular flexibility index (Phi) is 4.53. The van der Waals surface area contributed by atoms with Crippen LogP contribution in [0.2, 0.25) is 0 Å². The number of hydrogen-bond donors (Lipinski definition) is 2. The number of aryl methyl sites for hydroxylation is 2. The van der Waals surface area contributed by atoms with Gasteiger partial charge in [-0.05, 0) is 31.0 Å². The molecule has 0 fully saturated rings. The van der Waals surface area contributed by atoms with Crippen molar-refractivity contribution in [1.29, 1.82) is 0 Å². The number of carbonyl (C=O) groups is 1. The number of carbonyl (C=O) groups excluding carboxylic acids is 1. The Morgan fingerprint density at radius 2 is 2.06 bits per heavy atom. The fraction of sp³-hybridized carbons (Fsp3) is 0.364. The van der Waals surface area contributed by atoms with Crippen LogP contribution >= 0.6 is 0 Å². The number of aromatic nitrogens is 6. The lowest BCUT2D eigenvalue weighted by atomic mass is 9.93. The number of aromatic amines is 1. The number of hydrogen-bond acceptors (Lipinski definition) is 5. The molecule has 9 heteroatoms. The van der Waals surface area contributed by atoms with Crippen molar-refractivity contribution in [2.24, 2.45) is 14.1 Å². The molecule has 2 bridgehead atoms. The van der Waals surface area contributed by atoms with Gasteiger partial charge >= 0.3 is 0 Å². The van der Waals surface area contributed by atoms with Crippen LogP contribution in [0.25, 0.3) is 22.0 Å². The van der Waals surface area contributed by atoms with Crippen LogP contribution in [0.4, 0.5) is 0 Å². The molecule has 4 aromatic rings. The van der Waals surface area contributed by atoms with E-state index in [1.54, 1.807) is 15.6 Å². The molecule has 0 spiro atoms. The Morgan fingerprint density at radius 3 is 2.90 bits per heavy atom. The van der Waals surface area contributed by atoms with Gasteiger partial charge in [0.2, 0.25) is 5.88 Å². The number of ether oxygens (including phenoxy) is 1. The standard InChI is InChI=1S/C22H25N7O2/c1-12-9-15-13(2)28(3)27-20(15)21(30)23-7-8-31-22-17(11-24-29(22)4)14-5-6-18-16(10-14)19(12)26-25-18/h5-6,10-12H,7-9H2,1-4H3,(H,23,30)(H,25,26). The van der Waals surface area contributed by atoms with Gasteiger partial charge in [0.1, 0.15) is 6.61 Å². The lowest BCUT2D eigenvalue weighted by molar-refractivity contribution is 0.0939. The second-order valence-corrected chi connectivity index (χ2v) is 8.10. The van der Waals surface area contributed by atoms with Gasteiger partial charge < -0.3 is 10.1 Å². The summed E-state index contributed by atoms with van der Waals surface area (Å²) < 4.78 is 9.48. The highest BCUT2D eigenvalue weighted by molar-refractivity contribution is 5.94. The summed E-state index contributed by atoms with van der Waals surface area (Å²) in [5.41, 5.74) is 6.27. The van der Waals surface area contributed by atoms with Gasteiger partial charge in [-0.15, -0.1) is 0 Å². The van der Waals surface area contributed by atoms with Gasteiger partial charge in [0.15, 0.2) is 5.69 Å². The third-order valence-electron chi connectivity index (χ3n) is 6.08. The fourth-order valence-electron chi connectivity index (χ4n) is 4.25. The molecule has 0 aliphatic carbocycles. The normalized spacial score (nSPS) is 16.9. The molecular weight excluding hydrogens is 394 g/mol. The van der Waals surface area contributed by atoms with E-state index in [4.69, 9.17) is 4.74 Å². The Bertz CT molecular complexity index is 1300. The SMILES string of the molecule is Cc1c2c(nn1C)C(=O)NCCOc1c(cnn1C)-c1ccc3n[nH]c(c3c1)C(C)C2. The monoisotopic (exact) mass is 419 g/mol. The molecule has 1 unspecified atom stereocenters. The van der Waals surface area contributed by atoms with Gasteiger partial charge in [-0.25, -0.2) is 4.68 Å². The van der Waals surface area contributed by atoms with Crippen LogP contribution in [-0.2, 0) is 20.5 Å². The number of H-pyrrole nitrogens is 1. The lowest BCUT2D eigenvalue weighted by Gasteiger charge is -2.12. The summed E-state index contributed by atoms with van der Waals surface area (Å²) in [5.74, 6) is 0.588. The second kappa shape index (κ2) is 7.26. The van der Waals surface area contributed by atoms with E-state index in [1.165, 1.54) is 0 Å². The Balaban J connectivity index is 1.66. The predicted octanol–water partition coefficient (Wildman–Crippen LogP) is 2.47. The molecule has 1 atom stereocenters. The molecular formula is C22H25N7O2. The molecule has 1 aromatic carbocycles. The van der Waals surface area contributed by atoms with Gasteiger partial charge in [-0.3, -0.25) is 14.6 Å². The molecule has 3 aromatic heterocycles. The maximum absolute atomic E-state index is 12.9. The van der Waals surface area contributed by atoms with Crippen molar-refractivity contribution in [3.05, 3.63) is 47.0 Å². The quantitative estimate of drug-likeness (QED) is 0.456. The number of nitrogens with one attached hydrogen (secondary N) is 2. The molecule has 1 aliphatic rings. The lowest BCUT2D eigenvalue weighted by Crippen LogP contribution is -2.29. The average Bonchev–Trinajstić information content (AvgIpc) is 3.42. The number of benzene rings is 1. The van der Waals surface area contributed by atoms with Crippen molar-refractivity contribution in [2.45, 2.75) is 26.2 Å². The van der Waals surface area contributed by atoms with E-state index >= 15 is 0 Å². The molecule has 0 saturated heterocycles. The predicted molar refractivity (Wildman–Crippen MR) is 116 cm³/mol. The van der Waals surface area contributed by atoms with Gasteiger partial charge in [-0.1, -0.05) is 13.0 Å². The molecule has 4 heterocycles. The van der Waals surface area contributed by atoms with E-state index in [-0.39, 0.29) is 11.8 Å². The summed E-state index contributed by atoms with van der Waals surface area (Å²) in [6.07, 6.45) is 2.48. The molecule has 1 amide bonds. The van der Waals surface area contributed by atoms with Crippen molar-refractivity contribution in [1.82, 2.24) is 35.1 Å². The van der Waals surface area contributed by atoms with Crippen LogP contribution in [0.5, 0.6) is 5.88 Å². The average molecular weight is 419 g/mol. The molecule has 2 N–H and O–H groups in total. The first kappa shape index (κ1) is 19.3. The van der Waals surface area contributed by atoms with Crippen LogP contribution in [-0.4, -0.2) is 48.8 Å². The van der Waals surface area contributed by atoms with Crippen LogP contribution in [0.3, 0.4) is 0 Å². The highest BCUT2D eigenvalue weighted by atomic mass is 16.5. The summed E-state index contributed by atoms with van der Waals surface area (Å²) >= 11 is 0. The molecule has 5 rings (SSSR count). The maximum atomic E-state index is 12.9. The Morgan fingerprint density at radius 1 is 1.23 bits per heavy atom. The minimum Gasteiger partial charge on any atom is -0.476 e. The van der Waals surface area contributed by atoms with Gasteiger partial charge in [-0.2, -0.15) is 15.3 Å². The molecule has 1 aliphatic heterocycles. The van der Waals surface area contributed by atoms with Crippen molar-refractivity contribution in [3.8, 4) is 17.0 Å². The maximum Gasteiger partial charge on any atom is 0.272 e. The van der Waals surface area contributed by atoms with E-state index in [1.807, 2.05) is 33.2 Å². The molecule has 0 saturated carbocycles. The van der Waals surface area contributed by atoms with Crippen molar-refractivity contribution < 1.29 is 9.53 Å². The first-order valence-electron chi connectivity index (χ1n) is 10.4. The second-order valence-electron chi connectivity index (χ2n) is 8.10. The highest BCUT2D eigenvalue weighted by Crippen LogP contribution is 2.34. The summed E-state index contributed by atoms with van der Waals surface area (Å²) in [4.78, 5) is 12.9. The van der Waals surface area contributed by atoms with Crippen molar-refractivity contribution >= 4 is 16.8 Å². The van der Waals surface area contributed by atoms with E-state index < -0.39 is 0 Å². The minimum atomic E-state index is -0.190. The zero-order chi connectivity index (χ0) is 21.7. The largest absolute Gasteiger partial charge is 0.476 e. The molecule has 0 radical (unpaired) electrons. The highest BCUT2D eigenvalue weighted by Gasteiger charge is 2.24. The van der Waals surface area contributed by atoms with E-state index in [2.05, 4.69) is 38.7 Å². The first-order chi connectivity index (χ1) is 14.9. The third kappa shape index (κ3) is 3.17. The van der Waals surface area contributed by atoms with Crippen LogP contribution in [0, 0.1) is 6.92 Å². The summed E-state index contributed by atoms with van der Waals surface area (Å²) in [6, 6.07) is 6.18.